The van der Waals surface area contributed by atoms with Crippen LogP contribution in [0.15, 0.2) is 12.1 Å². The number of benzene rings is 1. The highest BCUT2D eigenvalue weighted by Gasteiger charge is 2.46. The molecule has 1 atom stereocenters. The Morgan fingerprint density at radius 3 is 2.59 bits per heavy atom. The molecule has 0 saturated heterocycles. The van der Waals surface area contributed by atoms with Crippen molar-refractivity contribution in [2.75, 3.05) is 5.32 Å². The lowest BCUT2D eigenvalue weighted by molar-refractivity contribution is -0.384. The summed E-state index contributed by atoms with van der Waals surface area (Å²) in [6.07, 6.45) is 0.973. The van der Waals surface area contributed by atoms with Crippen molar-refractivity contribution in [1.82, 2.24) is 0 Å². The van der Waals surface area contributed by atoms with Gasteiger partial charge in [-0.05, 0) is 30.4 Å². The molecule has 0 amide bonds. The van der Waals surface area contributed by atoms with E-state index in [0.29, 0.717) is 11.3 Å². The van der Waals surface area contributed by atoms with Gasteiger partial charge in [0.2, 0.25) is 0 Å². The maximum absolute atomic E-state index is 13.3. The smallest absolute Gasteiger partial charge is 0.295 e. The number of aryl methyl sites for hydroxylation is 1. The zero-order chi connectivity index (χ0) is 12.8. The van der Waals surface area contributed by atoms with E-state index in [0.717, 1.165) is 12.5 Å². The van der Waals surface area contributed by atoms with Gasteiger partial charge in [0.15, 0.2) is 0 Å². The van der Waals surface area contributed by atoms with E-state index in [-0.39, 0.29) is 17.1 Å². The summed E-state index contributed by atoms with van der Waals surface area (Å²) in [6.45, 7) is 5.78. The molecule has 0 aromatic heterocycles. The Morgan fingerprint density at radius 1 is 1.53 bits per heavy atom. The fraction of sp³-hybridized carbons (Fsp3) is 0.500. The molecule has 2 rings (SSSR count). The van der Waals surface area contributed by atoms with Crippen LogP contribution in [0.1, 0.15) is 25.8 Å². The Bertz CT molecular complexity index is 486. The number of nitrogens with one attached hydrogen (secondary N) is 1. The van der Waals surface area contributed by atoms with Crippen LogP contribution in [0.5, 0.6) is 0 Å². The molecule has 5 heteroatoms. The number of hydrogen-bond acceptors (Lipinski definition) is 3. The molecule has 0 bridgehead atoms. The second-order valence-corrected chi connectivity index (χ2v) is 5.27. The largest absolute Gasteiger partial charge is 0.376 e. The first kappa shape index (κ1) is 11.8. The molecule has 92 valence electrons. The molecule has 1 saturated carbocycles. The van der Waals surface area contributed by atoms with Gasteiger partial charge < -0.3 is 5.32 Å². The van der Waals surface area contributed by atoms with Crippen LogP contribution in [0.25, 0.3) is 0 Å². The molecule has 4 nitrogen and oxygen atoms in total. The van der Waals surface area contributed by atoms with E-state index in [4.69, 9.17) is 0 Å². The molecular weight excluding hydrogens is 223 g/mol. The first-order valence-electron chi connectivity index (χ1n) is 5.52. The van der Waals surface area contributed by atoms with E-state index in [9.17, 15) is 14.5 Å². The third-order valence-corrected chi connectivity index (χ3v) is 3.32. The predicted octanol–water partition coefficient (Wildman–Crippen LogP) is 3.25. The molecular formula is C12H15FN2O2. The number of halogens is 1. The van der Waals surface area contributed by atoms with Crippen LogP contribution in [0.2, 0.25) is 0 Å². The lowest BCUT2D eigenvalue weighted by atomic mass is 10.1. The van der Waals surface area contributed by atoms with E-state index in [1.807, 2.05) is 0 Å². The van der Waals surface area contributed by atoms with Gasteiger partial charge in [0, 0.05) is 6.04 Å². The number of rotatable bonds is 3. The summed E-state index contributed by atoms with van der Waals surface area (Å²) < 4.78 is 13.3. The average Bonchev–Trinajstić information content (AvgIpc) is 2.79. The molecule has 1 N–H and O–H groups in total. The monoisotopic (exact) mass is 238 g/mol. The van der Waals surface area contributed by atoms with Crippen LogP contribution in [0, 0.1) is 28.3 Å². The Hall–Kier alpha value is -1.65. The topological polar surface area (TPSA) is 55.2 Å². The van der Waals surface area contributed by atoms with Crippen molar-refractivity contribution in [2.24, 2.45) is 5.41 Å². The summed E-state index contributed by atoms with van der Waals surface area (Å²) in [4.78, 5) is 10.3. The minimum Gasteiger partial charge on any atom is -0.376 e. The van der Waals surface area contributed by atoms with Crippen molar-refractivity contribution in [3.63, 3.8) is 0 Å². The Kier molecular flexibility index (Phi) is 2.56. The molecule has 1 fully saturated rings. The molecule has 1 unspecified atom stereocenters. The number of nitrogens with zero attached hydrogens (tertiary/aromatic N) is 1. The summed E-state index contributed by atoms with van der Waals surface area (Å²) in [5, 5.41) is 14.0. The molecule has 0 spiro atoms. The van der Waals surface area contributed by atoms with E-state index >= 15 is 0 Å². The molecule has 17 heavy (non-hydrogen) atoms. The van der Waals surface area contributed by atoms with Crippen LogP contribution in [0.4, 0.5) is 15.8 Å². The normalized spacial score (nSPS) is 21.1. The number of anilines is 1. The highest BCUT2D eigenvalue weighted by Crippen LogP contribution is 2.47. The van der Waals surface area contributed by atoms with Crippen molar-refractivity contribution < 1.29 is 9.31 Å². The summed E-state index contributed by atoms with van der Waals surface area (Å²) in [5.74, 6) is -0.544. The highest BCUT2D eigenvalue weighted by atomic mass is 19.1. The third-order valence-electron chi connectivity index (χ3n) is 3.32. The van der Waals surface area contributed by atoms with Crippen molar-refractivity contribution in [3.8, 4) is 0 Å². The third kappa shape index (κ3) is 2.23. The van der Waals surface area contributed by atoms with E-state index < -0.39 is 10.7 Å². The summed E-state index contributed by atoms with van der Waals surface area (Å²) in [5.41, 5.74) is 0.785. The Balaban J connectivity index is 2.32. The van der Waals surface area contributed by atoms with Gasteiger partial charge in [-0.3, -0.25) is 10.1 Å². The highest BCUT2D eigenvalue weighted by molar-refractivity contribution is 5.64. The maximum Gasteiger partial charge on any atom is 0.295 e. The first-order chi connectivity index (χ1) is 7.81. The number of nitro groups is 1. The van der Waals surface area contributed by atoms with Gasteiger partial charge in [-0.15, -0.1) is 0 Å². The molecule has 1 aliphatic carbocycles. The quantitative estimate of drug-likeness (QED) is 0.649. The van der Waals surface area contributed by atoms with Crippen LogP contribution >= 0.6 is 0 Å². The van der Waals surface area contributed by atoms with Gasteiger partial charge in [-0.1, -0.05) is 13.8 Å². The summed E-state index contributed by atoms with van der Waals surface area (Å²) >= 11 is 0. The Morgan fingerprint density at radius 2 is 2.12 bits per heavy atom. The second-order valence-electron chi connectivity index (χ2n) is 5.27. The van der Waals surface area contributed by atoms with Gasteiger partial charge in [0.25, 0.3) is 5.69 Å². The lowest BCUT2D eigenvalue weighted by Gasteiger charge is -2.10. The zero-order valence-corrected chi connectivity index (χ0v) is 10.1. The molecule has 0 heterocycles. The van der Waals surface area contributed by atoms with Gasteiger partial charge in [0.05, 0.1) is 11.0 Å². The average molecular weight is 238 g/mol. The van der Waals surface area contributed by atoms with E-state index in [1.165, 1.54) is 6.07 Å². The Labute approximate surface area is 99.0 Å². The van der Waals surface area contributed by atoms with Gasteiger partial charge in [0.1, 0.15) is 11.5 Å². The number of hydrogen-bond donors (Lipinski definition) is 1. The predicted molar refractivity (Wildman–Crippen MR) is 63.6 cm³/mol. The maximum atomic E-state index is 13.3. The van der Waals surface area contributed by atoms with Crippen LogP contribution in [-0.4, -0.2) is 11.0 Å². The number of nitro benzene ring substituents is 1. The van der Waals surface area contributed by atoms with Crippen molar-refractivity contribution >= 4 is 11.4 Å². The fourth-order valence-corrected chi connectivity index (χ4v) is 1.84. The van der Waals surface area contributed by atoms with E-state index in [2.05, 4.69) is 19.2 Å². The minimum atomic E-state index is -0.555. The van der Waals surface area contributed by atoms with Crippen LogP contribution < -0.4 is 5.32 Å². The zero-order valence-electron chi connectivity index (χ0n) is 10.1. The SMILES string of the molecule is Cc1cc(NC2CC2(C)C)c([N+](=O)[O-])cc1F. The van der Waals surface area contributed by atoms with Gasteiger partial charge >= 0.3 is 0 Å². The lowest BCUT2D eigenvalue weighted by Crippen LogP contribution is -2.10. The summed E-state index contributed by atoms with van der Waals surface area (Å²) in [6, 6.07) is 2.71. The summed E-state index contributed by atoms with van der Waals surface area (Å²) in [7, 11) is 0. The molecule has 1 aliphatic rings. The van der Waals surface area contributed by atoms with Crippen molar-refractivity contribution in [3.05, 3.63) is 33.6 Å². The standard InChI is InChI=1S/C12H15FN2O2/c1-7-4-9(14-11-6-12(11,2)3)10(15(16)17)5-8(7)13/h4-5,11,14H,6H2,1-3H3. The van der Waals surface area contributed by atoms with Crippen molar-refractivity contribution in [2.45, 2.75) is 33.2 Å². The second kappa shape index (κ2) is 3.68. The van der Waals surface area contributed by atoms with E-state index in [1.54, 1.807) is 6.92 Å². The molecule has 0 radical (unpaired) electrons. The van der Waals surface area contributed by atoms with Gasteiger partial charge in [-0.2, -0.15) is 0 Å². The van der Waals surface area contributed by atoms with Crippen LogP contribution in [0.3, 0.4) is 0 Å². The van der Waals surface area contributed by atoms with Gasteiger partial charge in [-0.25, -0.2) is 4.39 Å². The van der Waals surface area contributed by atoms with Crippen molar-refractivity contribution in [1.29, 1.82) is 0 Å². The minimum absolute atomic E-state index is 0.163. The molecule has 1 aromatic carbocycles. The first-order valence-corrected chi connectivity index (χ1v) is 5.52. The molecule has 1 aromatic rings. The molecule has 0 aliphatic heterocycles. The van der Waals surface area contributed by atoms with Crippen LogP contribution in [-0.2, 0) is 0 Å². The fourth-order valence-electron chi connectivity index (χ4n) is 1.84.